The van der Waals surface area contributed by atoms with E-state index in [1.54, 1.807) is 16.8 Å². The molecule has 0 atom stereocenters. The molecule has 0 unspecified atom stereocenters. The number of hydrogen-bond donors (Lipinski definition) is 1. The number of aryl methyl sites for hydroxylation is 1. The highest BCUT2D eigenvalue weighted by atomic mass is 16.5. The van der Waals surface area contributed by atoms with Crippen LogP contribution in [0.4, 0.5) is 5.69 Å². The van der Waals surface area contributed by atoms with Crippen molar-refractivity contribution in [3.05, 3.63) is 18.0 Å². The van der Waals surface area contributed by atoms with Crippen LogP contribution in [0.15, 0.2) is 12.3 Å². The molecule has 1 aromatic heterocycles. The minimum Gasteiger partial charge on any atom is -0.461 e. The third-order valence-corrected chi connectivity index (χ3v) is 2.02. The van der Waals surface area contributed by atoms with Gasteiger partial charge in [-0.3, -0.25) is 0 Å². The quantitative estimate of drug-likeness (QED) is 0.772. The molecule has 15 heavy (non-hydrogen) atoms. The number of anilines is 1. The van der Waals surface area contributed by atoms with Crippen molar-refractivity contribution in [2.45, 2.75) is 27.3 Å². The second-order valence-corrected chi connectivity index (χ2v) is 3.94. The number of nitrogen functional groups attached to an aromatic ring is 1. The van der Waals surface area contributed by atoms with Crippen LogP contribution in [-0.2, 0) is 11.3 Å². The first-order valence-electron chi connectivity index (χ1n) is 5.17. The summed E-state index contributed by atoms with van der Waals surface area (Å²) in [5, 5.41) is 0. The minimum atomic E-state index is -0.303. The zero-order valence-electron chi connectivity index (χ0n) is 9.49. The molecule has 0 spiro atoms. The van der Waals surface area contributed by atoms with E-state index in [0.29, 0.717) is 30.5 Å². The number of aromatic nitrogens is 1. The fraction of sp³-hybridized carbons (Fsp3) is 0.545. The number of ether oxygens (including phenoxy) is 1. The van der Waals surface area contributed by atoms with E-state index in [1.165, 1.54) is 0 Å². The Bertz CT molecular complexity index is 342. The van der Waals surface area contributed by atoms with E-state index in [-0.39, 0.29) is 5.97 Å². The summed E-state index contributed by atoms with van der Waals surface area (Å²) in [4.78, 5) is 11.6. The molecule has 2 N–H and O–H groups in total. The number of carbonyl (C=O) groups is 1. The van der Waals surface area contributed by atoms with Crippen molar-refractivity contribution in [2.75, 3.05) is 12.3 Å². The second kappa shape index (κ2) is 4.87. The minimum absolute atomic E-state index is 0.303. The summed E-state index contributed by atoms with van der Waals surface area (Å²) in [6.45, 7) is 7.11. The van der Waals surface area contributed by atoms with Crippen LogP contribution in [0.3, 0.4) is 0 Å². The maximum atomic E-state index is 11.6. The van der Waals surface area contributed by atoms with Gasteiger partial charge in [0.25, 0.3) is 0 Å². The number of hydrogen-bond acceptors (Lipinski definition) is 3. The Morgan fingerprint density at radius 1 is 1.60 bits per heavy atom. The predicted molar refractivity (Wildman–Crippen MR) is 59.6 cm³/mol. The average molecular weight is 210 g/mol. The molecule has 4 nitrogen and oxygen atoms in total. The Hall–Kier alpha value is -1.45. The molecule has 1 rings (SSSR count). The molecule has 0 aliphatic carbocycles. The summed E-state index contributed by atoms with van der Waals surface area (Å²) >= 11 is 0. The van der Waals surface area contributed by atoms with Crippen LogP contribution in [0.2, 0.25) is 0 Å². The molecular formula is C11H18N2O2. The molecular weight excluding hydrogens is 192 g/mol. The first-order valence-corrected chi connectivity index (χ1v) is 5.17. The largest absolute Gasteiger partial charge is 0.461 e. The number of nitrogens with two attached hydrogens (primary N) is 1. The smallest absolute Gasteiger partial charge is 0.355 e. The summed E-state index contributed by atoms with van der Waals surface area (Å²) in [7, 11) is 0. The lowest BCUT2D eigenvalue weighted by atomic mass is 10.2. The van der Waals surface area contributed by atoms with Crippen LogP contribution in [0.5, 0.6) is 0 Å². The monoisotopic (exact) mass is 210 g/mol. The van der Waals surface area contributed by atoms with Gasteiger partial charge in [-0.1, -0.05) is 13.8 Å². The van der Waals surface area contributed by atoms with E-state index < -0.39 is 0 Å². The molecule has 0 radical (unpaired) electrons. The highest BCUT2D eigenvalue weighted by Gasteiger charge is 2.13. The van der Waals surface area contributed by atoms with Crippen molar-refractivity contribution in [2.24, 2.45) is 5.92 Å². The van der Waals surface area contributed by atoms with E-state index in [0.717, 1.165) is 0 Å². The van der Waals surface area contributed by atoms with Crippen LogP contribution in [-0.4, -0.2) is 17.1 Å². The molecule has 0 saturated carbocycles. The topological polar surface area (TPSA) is 57.2 Å². The fourth-order valence-electron chi connectivity index (χ4n) is 1.28. The Kier molecular flexibility index (Phi) is 3.77. The van der Waals surface area contributed by atoms with Crippen molar-refractivity contribution in [3.8, 4) is 0 Å². The van der Waals surface area contributed by atoms with Crippen molar-refractivity contribution < 1.29 is 9.53 Å². The van der Waals surface area contributed by atoms with Gasteiger partial charge in [-0.25, -0.2) is 4.79 Å². The highest BCUT2D eigenvalue weighted by molar-refractivity contribution is 5.89. The molecule has 0 aliphatic rings. The molecule has 0 aliphatic heterocycles. The maximum absolute atomic E-state index is 11.6. The first kappa shape index (κ1) is 11.6. The Morgan fingerprint density at radius 2 is 2.27 bits per heavy atom. The van der Waals surface area contributed by atoms with Crippen LogP contribution in [0.1, 0.15) is 31.3 Å². The molecule has 84 valence electrons. The standard InChI is InChI=1S/C11H18N2O2/c1-4-13-6-9(12)5-10(13)11(14)15-7-8(2)3/h5-6,8H,4,7,12H2,1-3H3. The van der Waals surface area contributed by atoms with Crippen LogP contribution in [0.25, 0.3) is 0 Å². The lowest BCUT2D eigenvalue weighted by Crippen LogP contribution is -2.14. The third kappa shape index (κ3) is 3.01. The van der Waals surface area contributed by atoms with Crippen LogP contribution in [0, 0.1) is 5.92 Å². The summed E-state index contributed by atoms with van der Waals surface area (Å²) in [6, 6.07) is 1.64. The Balaban J connectivity index is 2.72. The first-order chi connectivity index (χ1) is 7.04. The van der Waals surface area contributed by atoms with Gasteiger partial charge in [0.05, 0.1) is 12.3 Å². The van der Waals surface area contributed by atoms with Gasteiger partial charge in [-0.05, 0) is 18.9 Å². The molecule has 1 heterocycles. The van der Waals surface area contributed by atoms with E-state index >= 15 is 0 Å². The summed E-state index contributed by atoms with van der Waals surface area (Å²) in [5.74, 6) is 0.0404. The van der Waals surface area contributed by atoms with E-state index in [9.17, 15) is 4.79 Å². The van der Waals surface area contributed by atoms with Crippen LogP contribution >= 0.6 is 0 Å². The van der Waals surface area contributed by atoms with Crippen molar-refractivity contribution in [1.29, 1.82) is 0 Å². The number of nitrogens with zero attached hydrogens (tertiary/aromatic N) is 1. The van der Waals surface area contributed by atoms with Gasteiger partial charge in [-0.15, -0.1) is 0 Å². The molecule has 0 saturated heterocycles. The molecule has 0 bridgehead atoms. The van der Waals surface area contributed by atoms with Gasteiger partial charge < -0.3 is 15.0 Å². The Morgan fingerprint density at radius 3 is 2.80 bits per heavy atom. The van der Waals surface area contributed by atoms with E-state index in [1.807, 2.05) is 20.8 Å². The summed E-state index contributed by atoms with van der Waals surface area (Å²) in [5.41, 5.74) is 6.73. The third-order valence-electron chi connectivity index (χ3n) is 2.02. The van der Waals surface area contributed by atoms with Crippen molar-refractivity contribution >= 4 is 11.7 Å². The second-order valence-electron chi connectivity index (χ2n) is 3.94. The maximum Gasteiger partial charge on any atom is 0.355 e. The van der Waals surface area contributed by atoms with Gasteiger partial charge in [-0.2, -0.15) is 0 Å². The average Bonchev–Trinajstić information content (AvgIpc) is 2.56. The van der Waals surface area contributed by atoms with Crippen LogP contribution < -0.4 is 5.73 Å². The molecule has 1 aromatic rings. The SMILES string of the molecule is CCn1cc(N)cc1C(=O)OCC(C)C. The number of esters is 1. The lowest BCUT2D eigenvalue weighted by Gasteiger charge is -2.08. The zero-order chi connectivity index (χ0) is 11.4. The zero-order valence-corrected chi connectivity index (χ0v) is 9.49. The van der Waals surface area contributed by atoms with Crippen molar-refractivity contribution in [3.63, 3.8) is 0 Å². The Labute approximate surface area is 90.0 Å². The molecule has 0 fully saturated rings. The van der Waals surface area contributed by atoms with Gasteiger partial charge in [0, 0.05) is 12.7 Å². The van der Waals surface area contributed by atoms with Gasteiger partial charge in [0.15, 0.2) is 0 Å². The normalized spacial score (nSPS) is 10.7. The van der Waals surface area contributed by atoms with E-state index in [2.05, 4.69) is 0 Å². The van der Waals surface area contributed by atoms with Gasteiger partial charge in [0.1, 0.15) is 5.69 Å². The van der Waals surface area contributed by atoms with Crippen molar-refractivity contribution in [1.82, 2.24) is 4.57 Å². The molecule has 0 amide bonds. The number of rotatable bonds is 4. The fourth-order valence-corrected chi connectivity index (χ4v) is 1.28. The van der Waals surface area contributed by atoms with Gasteiger partial charge >= 0.3 is 5.97 Å². The van der Waals surface area contributed by atoms with Gasteiger partial charge in [0.2, 0.25) is 0 Å². The predicted octanol–water partition coefficient (Wildman–Crippen LogP) is 1.90. The summed E-state index contributed by atoms with van der Waals surface area (Å²) in [6.07, 6.45) is 1.74. The highest BCUT2D eigenvalue weighted by Crippen LogP contribution is 2.12. The van der Waals surface area contributed by atoms with E-state index in [4.69, 9.17) is 10.5 Å². The lowest BCUT2D eigenvalue weighted by molar-refractivity contribution is 0.0446. The molecule has 4 heteroatoms. The number of carbonyl (C=O) groups excluding carboxylic acids is 1. The summed E-state index contributed by atoms with van der Waals surface area (Å²) < 4.78 is 6.92. The molecule has 0 aromatic carbocycles.